The molecule has 0 saturated carbocycles. The summed E-state index contributed by atoms with van der Waals surface area (Å²) in [5.74, 6) is 0. The Bertz CT molecular complexity index is 440. The Morgan fingerprint density at radius 1 is 1.42 bits per heavy atom. The molecule has 0 radical (unpaired) electrons. The van der Waals surface area contributed by atoms with Crippen molar-refractivity contribution in [1.29, 1.82) is 0 Å². The van der Waals surface area contributed by atoms with Crippen molar-refractivity contribution in [3.05, 3.63) is 6.20 Å². The predicted octanol–water partition coefficient (Wildman–Crippen LogP) is -3.02. The highest BCUT2D eigenvalue weighted by Gasteiger charge is 2.05. The van der Waals surface area contributed by atoms with Gasteiger partial charge in [0.05, 0.1) is 0 Å². The van der Waals surface area contributed by atoms with E-state index in [9.17, 15) is 0 Å². The summed E-state index contributed by atoms with van der Waals surface area (Å²) in [5.41, 5.74) is 3.51. The van der Waals surface area contributed by atoms with Crippen LogP contribution in [0, 0.1) is 0 Å². The maximum Gasteiger partial charge on any atom is 0.178 e. The van der Waals surface area contributed by atoms with E-state index in [1.807, 2.05) is 15.7 Å². The summed E-state index contributed by atoms with van der Waals surface area (Å²) in [7, 11) is 6.33. The zero-order valence-electron chi connectivity index (χ0n) is 6.94. The lowest BCUT2D eigenvalue weighted by Gasteiger charge is -1.93. The maximum absolute atomic E-state index is 4.31. The highest BCUT2D eigenvalue weighted by Crippen LogP contribution is 2.04. The average Bonchev–Trinajstić information content (AvgIpc) is 2.28. The van der Waals surface area contributed by atoms with Gasteiger partial charge in [-0.1, -0.05) is 0 Å². The van der Waals surface area contributed by atoms with Crippen LogP contribution in [0.4, 0.5) is 0 Å². The van der Waals surface area contributed by atoms with Crippen molar-refractivity contribution in [2.45, 2.75) is 0 Å². The Hall–Kier alpha value is -0.890. The fourth-order valence-electron chi connectivity index (χ4n) is 1.14. The van der Waals surface area contributed by atoms with Crippen molar-refractivity contribution in [1.82, 2.24) is 19.5 Å². The smallest absolute Gasteiger partial charge is 0.178 e. The van der Waals surface area contributed by atoms with Gasteiger partial charge in [0.25, 0.3) is 0 Å². The second-order valence-corrected chi connectivity index (χ2v) is 3.20. The number of rotatable bonds is 0. The van der Waals surface area contributed by atoms with E-state index < -0.39 is 0 Å². The minimum Gasteiger partial charge on any atom is -0.251 e. The van der Waals surface area contributed by atoms with Gasteiger partial charge in [-0.3, -0.25) is 4.98 Å². The molecule has 0 spiro atoms. The second kappa shape index (κ2) is 2.56. The van der Waals surface area contributed by atoms with Crippen LogP contribution in [-0.4, -0.2) is 35.2 Å². The third-order valence-corrected chi connectivity index (χ3v) is 2.05. The van der Waals surface area contributed by atoms with Crippen molar-refractivity contribution in [2.24, 2.45) is 0 Å². The number of hydrogen-bond acceptors (Lipinski definition) is 3. The van der Waals surface area contributed by atoms with E-state index in [1.54, 1.807) is 10.6 Å². The summed E-state index contributed by atoms with van der Waals surface area (Å²) in [6.45, 7) is 0. The first kappa shape index (κ1) is 7.74. The molecule has 0 aromatic carbocycles. The van der Waals surface area contributed by atoms with Crippen molar-refractivity contribution in [3.63, 3.8) is 0 Å². The van der Waals surface area contributed by atoms with Crippen molar-refractivity contribution in [3.8, 4) is 0 Å². The molecule has 1 unspecified atom stereocenters. The number of aromatic nitrogens is 4. The van der Waals surface area contributed by atoms with Gasteiger partial charge in [0.2, 0.25) is 0 Å². The minimum atomic E-state index is 0.817. The molecule has 7 heteroatoms. The lowest BCUT2D eigenvalue weighted by atomic mass is 10.0. The minimum absolute atomic E-state index is 0.817. The van der Waals surface area contributed by atoms with E-state index in [1.165, 1.54) is 0 Å². The summed E-state index contributed by atoms with van der Waals surface area (Å²) in [6, 6.07) is 0. The van der Waals surface area contributed by atoms with Gasteiger partial charge in [-0.25, -0.2) is 9.44 Å². The quantitative estimate of drug-likeness (QED) is 0.317. The SMILES string of the molecule is Bc1cnc2c(B)nn(P)c2n1. The third-order valence-electron chi connectivity index (χ3n) is 1.69. The van der Waals surface area contributed by atoms with Gasteiger partial charge >= 0.3 is 0 Å². The fraction of sp³-hybridized carbons (Fsp3) is 0. The molecule has 0 saturated heterocycles. The predicted molar refractivity (Wildman–Crippen MR) is 56.8 cm³/mol. The highest BCUT2D eigenvalue weighted by molar-refractivity contribution is 7.14. The van der Waals surface area contributed by atoms with Crippen LogP contribution in [0.5, 0.6) is 0 Å². The molecule has 2 heterocycles. The van der Waals surface area contributed by atoms with Crippen LogP contribution in [-0.2, 0) is 0 Å². The summed E-state index contributed by atoms with van der Waals surface area (Å²) in [6.07, 6.45) is 1.75. The zero-order chi connectivity index (χ0) is 8.72. The molecule has 0 fully saturated rings. The Labute approximate surface area is 73.8 Å². The lowest BCUT2D eigenvalue weighted by molar-refractivity contribution is 1.04. The molecule has 2 rings (SSSR count). The van der Waals surface area contributed by atoms with Crippen LogP contribution in [0.2, 0.25) is 0 Å². The molecule has 58 valence electrons. The largest absolute Gasteiger partial charge is 0.251 e. The van der Waals surface area contributed by atoms with Crippen LogP contribution in [0.15, 0.2) is 6.20 Å². The first-order valence-electron chi connectivity index (χ1n) is 3.62. The molecule has 1 atom stereocenters. The molecule has 0 aliphatic heterocycles. The Kier molecular flexibility index (Phi) is 1.65. The van der Waals surface area contributed by atoms with E-state index >= 15 is 0 Å². The van der Waals surface area contributed by atoms with Crippen molar-refractivity contribution < 1.29 is 0 Å². The maximum atomic E-state index is 4.31. The number of hydrogen-bond donors (Lipinski definition) is 0. The standard InChI is InChI=1S/C5H7B2N4P/c6-2-1-8-3-4(7)10-11(12)5(3)9-2/h1H,6-7,12H2. The van der Waals surface area contributed by atoms with E-state index in [0.717, 1.165) is 22.4 Å². The molecule has 0 aliphatic rings. The lowest BCUT2D eigenvalue weighted by Crippen LogP contribution is -2.11. The van der Waals surface area contributed by atoms with E-state index in [-0.39, 0.29) is 0 Å². The van der Waals surface area contributed by atoms with Crippen LogP contribution < -0.4 is 11.2 Å². The van der Waals surface area contributed by atoms with Gasteiger partial charge in [-0.05, 0) is 9.39 Å². The molecule has 2 aromatic heterocycles. The van der Waals surface area contributed by atoms with Crippen LogP contribution >= 0.6 is 9.39 Å². The molecule has 0 bridgehead atoms. The van der Waals surface area contributed by atoms with Crippen molar-refractivity contribution in [2.75, 3.05) is 0 Å². The molecule has 2 aromatic rings. The van der Waals surface area contributed by atoms with Gasteiger partial charge in [0.1, 0.15) is 5.52 Å². The Morgan fingerprint density at radius 3 is 2.92 bits per heavy atom. The van der Waals surface area contributed by atoms with Gasteiger partial charge in [0, 0.05) is 17.4 Å². The number of nitrogens with zero attached hydrogens (tertiary/aromatic N) is 4. The molecule has 0 aliphatic carbocycles. The second-order valence-electron chi connectivity index (χ2n) is 2.71. The monoisotopic (exact) mass is 176 g/mol. The fourth-order valence-corrected chi connectivity index (χ4v) is 1.49. The molecule has 12 heavy (non-hydrogen) atoms. The van der Waals surface area contributed by atoms with Gasteiger partial charge in [-0.15, -0.1) is 0 Å². The molecular weight excluding hydrogens is 169 g/mol. The van der Waals surface area contributed by atoms with E-state index in [2.05, 4.69) is 24.5 Å². The Balaban J connectivity index is 2.90. The van der Waals surface area contributed by atoms with Crippen LogP contribution in [0.1, 0.15) is 0 Å². The van der Waals surface area contributed by atoms with Gasteiger partial charge in [-0.2, -0.15) is 5.10 Å². The van der Waals surface area contributed by atoms with Crippen LogP contribution in [0.3, 0.4) is 0 Å². The van der Waals surface area contributed by atoms with Gasteiger partial charge in [0.15, 0.2) is 21.3 Å². The van der Waals surface area contributed by atoms with Crippen molar-refractivity contribution >= 4 is 47.4 Å². The molecular formula is C5H7B2N4P. The highest BCUT2D eigenvalue weighted by atomic mass is 31.0. The summed E-state index contributed by atoms with van der Waals surface area (Å²) in [5, 5.41) is 4.19. The first-order valence-corrected chi connectivity index (χ1v) is 4.14. The molecule has 0 amide bonds. The third kappa shape index (κ3) is 1.03. The van der Waals surface area contributed by atoms with Gasteiger partial charge < -0.3 is 0 Å². The van der Waals surface area contributed by atoms with E-state index in [0.29, 0.717) is 0 Å². The van der Waals surface area contributed by atoms with Crippen LogP contribution in [0.25, 0.3) is 11.2 Å². The topological polar surface area (TPSA) is 43.6 Å². The first-order chi connectivity index (χ1) is 5.68. The average molecular weight is 176 g/mol. The Morgan fingerprint density at radius 2 is 2.17 bits per heavy atom. The number of fused-ring (bicyclic) bond motifs is 1. The zero-order valence-corrected chi connectivity index (χ0v) is 8.10. The summed E-state index contributed by atoms with van der Waals surface area (Å²) >= 11 is 0. The molecule has 0 N–H and O–H groups in total. The molecule has 4 nitrogen and oxygen atoms in total. The normalized spacial score (nSPS) is 10.8. The summed E-state index contributed by atoms with van der Waals surface area (Å²) in [4.78, 5) is 8.56. The summed E-state index contributed by atoms with van der Waals surface area (Å²) < 4.78 is 1.67. The van der Waals surface area contributed by atoms with E-state index in [4.69, 9.17) is 0 Å².